The minimum absolute atomic E-state index is 0. The third kappa shape index (κ3) is 8.15. The molecule has 0 bridgehead atoms. The second kappa shape index (κ2) is 12.4. The quantitative estimate of drug-likeness (QED) is 0.267. The zero-order valence-corrected chi connectivity index (χ0v) is 17.3. The van der Waals surface area contributed by atoms with Crippen LogP contribution in [-0.4, -0.2) is 38.2 Å². The monoisotopic (exact) mass is 487 g/mol. The van der Waals surface area contributed by atoms with Crippen LogP contribution in [0.15, 0.2) is 27.7 Å². The Bertz CT molecular complexity index is 446. The highest BCUT2D eigenvalue weighted by Crippen LogP contribution is 2.23. The molecule has 0 unspecified atom stereocenters. The average molecular weight is 488 g/mol. The third-order valence-corrected chi connectivity index (χ3v) is 3.70. The number of halogens is 2. The molecule has 1 rings (SSSR count). The van der Waals surface area contributed by atoms with Gasteiger partial charge in [-0.2, -0.15) is 11.8 Å². The summed E-state index contributed by atoms with van der Waals surface area (Å²) in [5.41, 5.74) is 1.06. The number of hydrogen-bond acceptors (Lipinski definition) is 3. The van der Waals surface area contributed by atoms with Crippen molar-refractivity contribution in [2.24, 2.45) is 4.99 Å². The Morgan fingerprint density at radius 1 is 1.38 bits per heavy atom. The van der Waals surface area contributed by atoms with Crippen LogP contribution < -0.4 is 15.4 Å². The largest absolute Gasteiger partial charge is 0.496 e. The summed E-state index contributed by atoms with van der Waals surface area (Å²) in [6.45, 7) is 4.39. The lowest BCUT2D eigenvalue weighted by molar-refractivity contribution is 0.409. The summed E-state index contributed by atoms with van der Waals surface area (Å²) < 4.78 is 6.39. The molecule has 0 fully saturated rings. The highest BCUT2D eigenvalue weighted by Gasteiger charge is 2.04. The van der Waals surface area contributed by atoms with Gasteiger partial charge in [0.1, 0.15) is 5.75 Å². The number of rotatable bonds is 7. The zero-order chi connectivity index (χ0) is 14.8. The molecule has 21 heavy (non-hydrogen) atoms. The molecule has 1 aromatic carbocycles. The first-order valence-corrected chi connectivity index (χ1v) is 8.73. The molecule has 0 aliphatic rings. The number of hydrogen-bond donors (Lipinski definition) is 2. The van der Waals surface area contributed by atoms with Gasteiger partial charge in [0.2, 0.25) is 0 Å². The number of nitrogens with zero attached hydrogens (tertiary/aromatic N) is 1. The summed E-state index contributed by atoms with van der Waals surface area (Å²) in [5.74, 6) is 2.76. The number of aliphatic imine (C=N–C) groups is 1. The van der Waals surface area contributed by atoms with E-state index in [1.807, 2.05) is 30.0 Å². The molecule has 0 radical (unpaired) electrons. The fraction of sp³-hybridized carbons (Fsp3) is 0.500. The summed E-state index contributed by atoms with van der Waals surface area (Å²) in [7, 11) is 1.68. The minimum atomic E-state index is 0. The second-order valence-corrected chi connectivity index (χ2v) is 5.97. The van der Waals surface area contributed by atoms with Gasteiger partial charge in [-0.1, -0.05) is 15.9 Å². The normalized spacial score (nSPS) is 10.8. The summed E-state index contributed by atoms with van der Waals surface area (Å²) in [5, 5.41) is 6.55. The first-order chi connectivity index (χ1) is 9.71. The first-order valence-electron chi connectivity index (χ1n) is 6.54. The van der Waals surface area contributed by atoms with Crippen molar-refractivity contribution < 1.29 is 4.74 Å². The van der Waals surface area contributed by atoms with Gasteiger partial charge in [-0.25, -0.2) is 4.99 Å². The maximum atomic E-state index is 5.36. The van der Waals surface area contributed by atoms with Crippen LogP contribution in [0.3, 0.4) is 0 Å². The Hall–Kier alpha value is -0.150. The van der Waals surface area contributed by atoms with Gasteiger partial charge in [0, 0.05) is 28.9 Å². The highest BCUT2D eigenvalue weighted by molar-refractivity contribution is 14.0. The highest BCUT2D eigenvalue weighted by atomic mass is 127. The van der Waals surface area contributed by atoms with Crippen LogP contribution in [0.2, 0.25) is 0 Å². The minimum Gasteiger partial charge on any atom is -0.496 e. The van der Waals surface area contributed by atoms with Crippen LogP contribution in [0.4, 0.5) is 0 Å². The number of nitrogens with one attached hydrogen (secondary N) is 2. The number of methoxy groups -OCH3 is 1. The Labute approximate surface area is 157 Å². The van der Waals surface area contributed by atoms with E-state index in [2.05, 4.69) is 44.7 Å². The van der Waals surface area contributed by atoms with E-state index >= 15 is 0 Å². The molecule has 0 aliphatic carbocycles. The molecule has 7 heteroatoms. The average Bonchev–Trinajstić information content (AvgIpc) is 2.45. The molecule has 0 aromatic heterocycles. The maximum Gasteiger partial charge on any atom is 0.191 e. The Morgan fingerprint density at radius 3 is 2.76 bits per heavy atom. The molecule has 0 aliphatic heterocycles. The summed E-state index contributed by atoms with van der Waals surface area (Å²) in [6.07, 6.45) is 2.10. The van der Waals surface area contributed by atoms with Crippen LogP contribution in [0, 0.1) is 0 Å². The van der Waals surface area contributed by atoms with Crippen molar-refractivity contribution in [1.82, 2.24) is 10.6 Å². The van der Waals surface area contributed by atoms with Crippen molar-refractivity contribution in [3.63, 3.8) is 0 Å². The fourth-order valence-electron chi connectivity index (χ4n) is 1.65. The van der Waals surface area contributed by atoms with Crippen LogP contribution in [0.25, 0.3) is 0 Å². The maximum absolute atomic E-state index is 5.36. The first kappa shape index (κ1) is 20.9. The molecule has 120 valence electrons. The van der Waals surface area contributed by atoms with Gasteiger partial charge in [0.25, 0.3) is 0 Å². The van der Waals surface area contributed by atoms with Crippen LogP contribution in [0.5, 0.6) is 5.75 Å². The number of guanidine groups is 1. The summed E-state index contributed by atoms with van der Waals surface area (Å²) in [4.78, 5) is 4.59. The fourth-order valence-corrected chi connectivity index (χ4v) is 2.36. The van der Waals surface area contributed by atoms with Crippen LogP contribution in [-0.2, 0) is 6.54 Å². The van der Waals surface area contributed by atoms with Gasteiger partial charge in [-0.05, 0) is 31.4 Å². The lowest BCUT2D eigenvalue weighted by Crippen LogP contribution is -2.38. The van der Waals surface area contributed by atoms with Gasteiger partial charge in [-0.3, -0.25) is 0 Å². The standard InChI is InChI=1S/C14H22BrN3OS.HI/c1-4-16-14(17-7-8-20-3)18-10-11-9-12(15)5-6-13(11)19-2;/h5-6,9H,4,7-8,10H2,1-3H3,(H2,16,17,18);1H. The van der Waals surface area contributed by atoms with Gasteiger partial charge in [0.15, 0.2) is 5.96 Å². The molecule has 0 amide bonds. The van der Waals surface area contributed by atoms with Crippen molar-refractivity contribution >= 4 is 57.6 Å². The van der Waals surface area contributed by atoms with E-state index in [0.717, 1.165) is 40.6 Å². The lowest BCUT2D eigenvalue weighted by Gasteiger charge is -2.12. The Balaban J connectivity index is 0.00000400. The van der Waals surface area contributed by atoms with Crippen molar-refractivity contribution in [2.75, 3.05) is 32.2 Å². The smallest absolute Gasteiger partial charge is 0.191 e. The van der Waals surface area contributed by atoms with E-state index in [0.29, 0.717) is 6.54 Å². The molecule has 0 spiro atoms. The Morgan fingerprint density at radius 2 is 2.14 bits per heavy atom. The van der Waals surface area contributed by atoms with E-state index in [4.69, 9.17) is 4.74 Å². The second-order valence-electron chi connectivity index (χ2n) is 4.07. The van der Waals surface area contributed by atoms with Crippen LogP contribution >= 0.6 is 51.7 Å². The summed E-state index contributed by atoms with van der Waals surface area (Å²) >= 11 is 5.29. The van der Waals surface area contributed by atoms with E-state index in [9.17, 15) is 0 Å². The third-order valence-electron chi connectivity index (χ3n) is 2.59. The van der Waals surface area contributed by atoms with Crippen LogP contribution in [0.1, 0.15) is 12.5 Å². The van der Waals surface area contributed by atoms with Gasteiger partial charge in [0.05, 0.1) is 13.7 Å². The molecular formula is C14H23BrIN3OS. The molecule has 2 N–H and O–H groups in total. The van der Waals surface area contributed by atoms with Crippen molar-refractivity contribution in [1.29, 1.82) is 0 Å². The predicted molar refractivity (Wildman–Crippen MR) is 107 cm³/mol. The molecule has 0 saturated carbocycles. The van der Waals surface area contributed by atoms with Crippen molar-refractivity contribution in [3.8, 4) is 5.75 Å². The van der Waals surface area contributed by atoms with E-state index in [1.54, 1.807) is 7.11 Å². The number of ether oxygens (including phenoxy) is 1. The topological polar surface area (TPSA) is 45.7 Å². The van der Waals surface area contributed by atoms with Gasteiger partial charge < -0.3 is 15.4 Å². The Kier molecular flexibility index (Phi) is 12.3. The van der Waals surface area contributed by atoms with Gasteiger partial charge >= 0.3 is 0 Å². The summed E-state index contributed by atoms with van der Waals surface area (Å²) in [6, 6.07) is 5.95. The number of benzene rings is 1. The molecular weight excluding hydrogens is 465 g/mol. The van der Waals surface area contributed by atoms with E-state index in [1.165, 1.54) is 0 Å². The molecule has 1 aromatic rings. The SMILES string of the molecule is CCNC(=NCc1cc(Br)ccc1OC)NCCSC.I. The van der Waals surface area contributed by atoms with Crippen molar-refractivity contribution in [3.05, 3.63) is 28.2 Å². The zero-order valence-electron chi connectivity index (χ0n) is 12.6. The number of thioether (sulfide) groups is 1. The van der Waals surface area contributed by atoms with Gasteiger partial charge in [-0.15, -0.1) is 24.0 Å². The van der Waals surface area contributed by atoms with E-state index in [-0.39, 0.29) is 24.0 Å². The molecule has 0 heterocycles. The molecule has 0 saturated heterocycles. The predicted octanol–water partition coefficient (Wildman–Crippen LogP) is 3.49. The molecule has 0 atom stereocenters. The van der Waals surface area contributed by atoms with Crippen molar-refractivity contribution in [2.45, 2.75) is 13.5 Å². The lowest BCUT2D eigenvalue weighted by atomic mass is 10.2. The van der Waals surface area contributed by atoms with E-state index < -0.39 is 0 Å². The molecule has 4 nitrogen and oxygen atoms in total.